The molecule has 8 unspecified atom stereocenters. The fourth-order valence-corrected chi connectivity index (χ4v) is 14.1. The minimum Gasteiger partial charge on any atom is -0.237 e. The van der Waals surface area contributed by atoms with Gasteiger partial charge in [-0.2, -0.15) is 0 Å². The molecule has 0 heterocycles. The highest BCUT2D eigenvalue weighted by Crippen LogP contribution is 2.69. The second-order valence-corrected chi connectivity index (χ2v) is 14.5. The Kier molecular flexibility index (Phi) is 5.71. The summed E-state index contributed by atoms with van der Waals surface area (Å²) in [6.45, 7) is 15.3. The molecule has 0 saturated heterocycles. The zero-order valence-electron chi connectivity index (χ0n) is 17.6. The molecule has 3 saturated carbocycles. The van der Waals surface area contributed by atoms with E-state index in [2.05, 4.69) is 47.8 Å². The van der Waals surface area contributed by atoms with E-state index in [9.17, 15) is 0 Å². The van der Waals surface area contributed by atoms with Crippen LogP contribution < -0.4 is 0 Å². The highest BCUT2D eigenvalue weighted by molar-refractivity contribution is 8.34. The maximum atomic E-state index is 2.83. The van der Waals surface area contributed by atoms with Crippen LogP contribution in [-0.4, -0.2) is 22.5 Å². The maximum absolute atomic E-state index is 2.83. The van der Waals surface area contributed by atoms with Gasteiger partial charge in [-0.1, -0.05) is 60.8 Å². The van der Waals surface area contributed by atoms with Gasteiger partial charge in [0.15, 0.2) is 0 Å². The fraction of sp³-hybridized carbons (Fsp3) is 1.00. The molecule has 0 aromatic carbocycles. The maximum Gasteiger partial charge on any atom is -0.00549 e. The second kappa shape index (κ2) is 7.16. The molecule has 0 aromatic rings. The third kappa shape index (κ3) is 3.10. The Bertz CT molecular complexity index is 416. The molecular weight excluding hydrogens is 308 g/mol. The van der Waals surface area contributed by atoms with Gasteiger partial charge in [0, 0.05) is 0 Å². The molecule has 0 amide bonds. The molecular formula is C23H44S. The summed E-state index contributed by atoms with van der Waals surface area (Å²) in [7, 11) is -0.530. The van der Waals surface area contributed by atoms with Crippen molar-refractivity contribution in [3.05, 3.63) is 0 Å². The Balaban J connectivity index is 1.93. The van der Waals surface area contributed by atoms with Crippen LogP contribution in [0.3, 0.4) is 0 Å². The number of fused-ring (bicyclic) bond motifs is 1. The molecule has 0 radical (unpaired) electrons. The van der Waals surface area contributed by atoms with E-state index in [1.165, 1.54) is 12.8 Å². The van der Waals surface area contributed by atoms with Gasteiger partial charge in [0.25, 0.3) is 0 Å². The largest absolute Gasteiger partial charge is 0.237 e. The first-order chi connectivity index (χ1) is 11.3. The van der Waals surface area contributed by atoms with E-state index in [0.717, 1.165) is 51.9 Å². The Morgan fingerprint density at radius 3 is 1.96 bits per heavy atom. The van der Waals surface area contributed by atoms with Crippen molar-refractivity contribution in [2.45, 2.75) is 90.6 Å². The van der Waals surface area contributed by atoms with Crippen LogP contribution in [0.4, 0.5) is 0 Å². The molecule has 3 fully saturated rings. The van der Waals surface area contributed by atoms with Gasteiger partial charge in [-0.15, -0.1) is 0 Å². The van der Waals surface area contributed by atoms with E-state index in [1.807, 2.05) is 0 Å². The minimum atomic E-state index is -0.530. The standard InChI is InChI=1S/C23H44S/c1-15(2)14-24(7,23-18(5)16(3)17(4)19(23)6)22-13-12-20-10-8-9-11-21(20)22/h15-23H,8-14H2,1-7H3. The summed E-state index contributed by atoms with van der Waals surface area (Å²) in [6.07, 6.45) is 12.1. The lowest BCUT2D eigenvalue weighted by atomic mass is 9.82. The molecule has 24 heavy (non-hydrogen) atoms. The van der Waals surface area contributed by atoms with E-state index >= 15 is 0 Å². The molecule has 1 heteroatoms. The lowest BCUT2D eigenvalue weighted by Crippen LogP contribution is -2.40. The first kappa shape index (κ1) is 19.1. The van der Waals surface area contributed by atoms with E-state index in [-0.39, 0.29) is 0 Å². The summed E-state index contributed by atoms with van der Waals surface area (Å²) < 4.78 is 0. The van der Waals surface area contributed by atoms with Gasteiger partial charge in [0.1, 0.15) is 0 Å². The topological polar surface area (TPSA) is 0 Å². The Hall–Kier alpha value is 0.350. The molecule has 3 rings (SSSR count). The van der Waals surface area contributed by atoms with Gasteiger partial charge in [0.05, 0.1) is 0 Å². The number of hydrogen-bond acceptors (Lipinski definition) is 0. The van der Waals surface area contributed by atoms with E-state index in [0.29, 0.717) is 0 Å². The van der Waals surface area contributed by atoms with Gasteiger partial charge in [0.2, 0.25) is 0 Å². The highest BCUT2D eigenvalue weighted by Gasteiger charge is 2.54. The predicted molar refractivity (Wildman–Crippen MR) is 112 cm³/mol. The lowest BCUT2D eigenvalue weighted by molar-refractivity contribution is 0.279. The van der Waals surface area contributed by atoms with Crippen LogP contribution in [0.2, 0.25) is 0 Å². The van der Waals surface area contributed by atoms with Gasteiger partial charge in [-0.3, -0.25) is 0 Å². The van der Waals surface area contributed by atoms with Crippen LogP contribution in [0.5, 0.6) is 0 Å². The van der Waals surface area contributed by atoms with Crippen molar-refractivity contribution >= 4 is 10.0 Å². The molecule has 142 valence electrons. The molecule has 0 bridgehead atoms. The average Bonchev–Trinajstić information content (AvgIpc) is 3.04. The number of hydrogen-bond donors (Lipinski definition) is 0. The Morgan fingerprint density at radius 1 is 0.792 bits per heavy atom. The van der Waals surface area contributed by atoms with Crippen LogP contribution in [0.15, 0.2) is 0 Å². The van der Waals surface area contributed by atoms with Crippen LogP contribution in [0.1, 0.15) is 80.1 Å². The average molecular weight is 353 g/mol. The van der Waals surface area contributed by atoms with E-state index in [4.69, 9.17) is 0 Å². The minimum absolute atomic E-state index is 0.530. The molecule has 3 aliphatic carbocycles. The van der Waals surface area contributed by atoms with Crippen LogP contribution in [0.25, 0.3) is 0 Å². The smallest absolute Gasteiger partial charge is 0.00549 e. The molecule has 0 aromatic heterocycles. The molecule has 8 atom stereocenters. The summed E-state index contributed by atoms with van der Waals surface area (Å²) >= 11 is 0. The van der Waals surface area contributed by atoms with Crippen LogP contribution in [-0.2, 0) is 0 Å². The van der Waals surface area contributed by atoms with Gasteiger partial charge in [-0.05, 0) is 83.2 Å². The highest BCUT2D eigenvalue weighted by atomic mass is 32.3. The predicted octanol–water partition coefficient (Wildman–Crippen LogP) is 6.97. The van der Waals surface area contributed by atoms with E-state index in [1.54, 1.807) is 31.4 Å². The summed E-state index contributed by atoms with van der Waals surface area (Å²) in [5.74, 6) is 8.35. The molecule has 3 aliphatic rings. The van der Waals surface area contributed by atoms with Crippen LogP contribution >= 0.6 is 10.0 Å². The quantitative estimate of drug-likeness (QED) is 0.512. The van der Waals surface area contributed by atoms with Gasteiger partial charge in [-0.25, -0.2) is 10.0 Å². The van der Waals surface area contributed by atoms with Crippen molar-refractivity contribution in [3.63, 3.8) is 0 Å². The second-order valence-electron chi connectivity index (χ2n) is 10.5. The van der Waals surface area contributed by atoms with E-state index < -0.39 is 10.0 Å². The summed E-state index contributed by atoms with van der Waals surface area (Å²) in [5, 5.41) is 2.12. The van der Waals surface area contributed by atoms with Gasteiger partial charge >= 0.3 is 0 Å². The zero-order valence-corrected chi connectivity index (χ0v) is 18.4. The summed E-state index contributed by atoms with van der Waals surface area (Å²) in [5.41, 5.74) is 0. The lowest BCUT2D eigenvalue weighted by Gasteiger charge is -2.54. The van der Waals surface area contributed by atoms with Crippen molar-refractivity contribution in [2.24, 2.45) is 41.4 Å². The molecule has 0 aliphatic heterocycles. The summed E-state index contributed by atoms with van der Waals surface area (Å²) in [4.78, 5) is 0. The molecule has 0 spiro atoms. The number of rotatable bonds is 4. The molecule has 0 nitrogen and oxygen atoms in total. The summed E-state index contributed by atoms with van der Waals surface area (Å²) in [6, 6.07) is 0. The SMILES string of the molecule is CC(C)CS(C)(C1CCC2CCCCC21)C1C(C)C(C)C(C)C1C. The van der Waals surface area contributed by atoms with Gasteiger partial charge < -0.3 is 0 Å². The van der Waals surface area contributed by atoms with Crippen molar-refractivity contribution in [1.82, 2.24) is 0 Å². The molecule has 0 N–H and O–H groups in total. The monoisotopic (exact) mass is 352 g/mol. The third-order valence-corrected chi connectivity index (χ3v) is 14.3. The van der Waals surface area contributed by atoms with Crippen molar-refractivity contribution in [1.29, 1.82) is 0 Å². The first-order valence-corrected chi connectivity index (χ1v) is 13.3. The van der Waals surface area contributed by atoms with Crippen molar-refractivity contribution in [3.8, 4) is 0 Å². The first-order valence-electron chi connectivity index (χ1n) is 11.0. The van der Waals surface area contributed by atoms with Crippen molar-refractivity contribution in [2.75, 3.05) is 12.0 Å². The zero-order chi connectivity index (χ0) is 17.6. The third-order valence-electron chi connectivity index (χ3n) is 8.80. The Labute approximate surface area is 154 Å². The van der Waals surface area contributed by atoms with Crippen LogP contribution in [0, 0.1) is 41.4 Å². The Morgan fingerprint density at radius 2 is 1.38 bits per heavy atom. The van der Waals surface area contributed by atoms with Crippen molar-refractivity contribution < 1.29 is 0 Å². The fourth-order valence-electron chi connectivity index (χ4n) is 7.52. The normalized spacial score (nSPS) is 49.8.